The van der Waals surface area contributed by atoms with Gasteiger partial charge in [-0.3, -0.25) is 0 Å². The average Bonchev–Trinajstić information content (AvgIpc) is 3.10. The number of aromatic nitrogens is 2. The number of ether oxygens (including phenoxy) is 1. The Hall–Kier alpha value is -2.96. The lowest BCUT2D eigenvalue weighted by atomic mass is 10.0. The first-order valence-electron chi connectivity index (χ1n) is 10.5. The molecule has 0 fully saturated rings. The quantitative estimate of drug-likeness (QED) is 0.405. The monoisotopic (exact) mass is 433 g/mol. The van der Waals surface area contributed by atoms with Crippen molar-refractivity contribution in [2.24, 2.45) is 0 Å². The van der Waals surface area contributed by atoms with E-state index >= 15 is 0 Å². The summed E-state index contributed by atoms with van der Waals surface area (Å²) in [6.45, 7) is 7.91. The third-order valence-corrected chi connectivity index (χ3v) is 6.16. The fourth-order valence-corrected chi connectivity index (χ4v) is 4.93. The molecule has 2 heterocycles. The Balaban J connectivity index is 1.86. The zero-order valence-corrected chi connectivity index (χ0v) is 18.9. The van der Waals surface area contributed by atoms with Gasteiger partial charge in [-0.15, -0.1) is 11.3 Å². The lowest BCUT2D eigenvalue weighted by Gasteiger charge is -2.24. The van der Waals surface area contributed by atoms with Gasteiger partial charge in [0.2, 0.25) is 0 Å². The summed E-state index contributed by atoms with van der Waals surface area (Å²) in [6.07, 6.45) is 0. The molecule has 0 amide bonds. The van der Waals surface area contributed by atoms with Crippen LogP contribution < -0.4 is 9.64 Å². The van der Waals surface area contributed by atoms with Crippen LogP contribution in [0.4, 0.5) is 5.82 Å². The highest BCUT2D eigenvalue weighted by atomic mass is 32.1. The standard InChI is InChI=1S/C25H27N3O2S/c1-4-30-21-12-10-20(11-13-21)22-17(2)31-25-23(22)24(26-18(3)27-25)28(14-15-29)16-19-8-6-5-7-9-19/h5-13,29H,4,14-16H2,1-3H3. The number of benzene rings is 2. The van der Waals surface area contributed by atoms with Crippen molar-refractivity contribution in [2.75, 3.05) is 24.7 Å². The Morgan fingerprint density at radius 2 is 1.74 bits per heavy atom. The van der Waals surface area contributed by atoms with Crippen LogP contribution in [-0.4, -0.2) is 34.8 Å². The molecule has 31 heavy (non-hydrogen) atoms. The Morgan fingerprint density at radius 1 is 1.00 bits per heavy atom. The van der Waals surface area contributed by atoms with Crippen LogP contribution in [0.25, 0.3) is 21.3 Å². The third kappa shape index (κ3) is 4.55. The first-order chi connectivity index (χ1) is 15.1. The van der Waals surface area contributed by atoms with Gasteiger partial charge in [-0.1, -0.05) is 42.5 Å². The summed E-state index contributed by atoms with van der Waals surface area (Å²) in [6, 6.07) is 18.5. The number of hydrogen-bond donors (Lipinski definition) is 1. The van der Waals surface area contributed by atoms with Crippen molar-refractivity contribution in [1.29, 1.82) is 0 Å². The van der Waals surface area contributed by atoms with Crippen LogP contribution in [-0.2, 0) is 6.54 Å². The summed E-state index contributed by atoms with van der Waals surface area (Å²) in [5.41, 5.74) is 3.44. The van der Waals surface area contributed by atoms with Crippen LogP contribution in [0.5, 0.6) is 5.75 Å². The van der Waals surface area contributed by atoms with Gasteiger partial charge in [0, 0.05) is 23.5 Å². The number of aliphatic hydroxyl groups is 1. The van der Waals surface area contributed by atoms with E-state index in [9.17, 15) is 5.11 Å². The number of rotatable bonds is 8. The molecule has 0 saturated heterocycles. The van der Waals surface area contributed by atoms with Crippen LogP contribution in [0.15, 0.2) is 54.6 Å². The van der Waals surface area contributed by atoms with E-state index in [1.165, 1.54) is 10.4 Å². The van der Waals surface area contributed by atoms with Gasteiger partial charge in [-0.2, -0.15) is 0 Å². The largest absolute Gasteiger partial charge is 0.494 e. The summed E-state index contributed by atoms with van der Waals surface area (Å²) >= 11 is 1.69. The van der Waals surface area contributed by atoms with Gasteiger partial charge in [-0.05, 0) is 44.0 Å². The van der Waals surface area contributed by atoms with Gasteiger partial charge in [0.1, 0.15) is 22.2 Å². The minimum absolute atomic E-state index is 0.0544. The molecule has 2 aromatic carbocycles. The van der Waals surface area contributed by atoms with E-state index < -0.39 is 0 Å². The maximum absolute atomic E-state index is 9.79. The lowest BCUT2D eigenvalue weighted by molar-refractivity contribution is 0.301. The van der Waals surface area contributed by atoms with Crippen molar-refractivity contribution in [3.05, 3.63) is 70.9 Å². The molecule has 0 aliphatic rings. The summed E-state index contributed by atoms with van der Waals surface area (Å²) in [7, 11) is 0. The topological polar surface area (TPSA) is 58.5 Å². The zero-order valence-electron chi connectivity index (χ0n) is 18.1. The minimum Gasteiger partial charge on any atom is -0.494 e. The molecule has 0 aliphatic heterocycles. The minimum atomic E-state index is 0.0544. The molecule has 160 valence electrons. The molecular weight excluding hydrogens is 406 g/mol. The van der Waals surface area contributed by atoms with Gasteiger partial charge < -0.3 is 14.7 Å². The Bertz CT molecular complexity index is 1160. The van der Waals surface area contributed by atoms with E-state index in [-0.39, 0.29) is 6.61 Å². The maximum atomic E-state index is 9.79. The molecule has 5 nitrogen and oxygen atoms in total. The van der Waals surface area contributed by atoms with Gasteiger partial charge >= 0.3 is 0 Å². The lowest BCUT2D eigenvalue weighted by Crippen LogP contribution is -2.27. The second kappa shape index (κ2) is 9.45. The molecule has 1 N–H and O–H groups in total. The van der Waals surface area contributed by atoms with E-state index in [0.29, 0.717) is 19.7 Å². The predicted molar refractivity (Wildman–Crippen MR) is 128 cm³/mol. The fraction of sp³-hybridized carbons (Fsp3) is 0.280. The van der Waals surface area contributed by atoms with Crippen molar-refractivity contribution in [3.63, 3.8) is 0 Å². The number of aliphatic hydroxyl groups excluding tert-OH is 1. The highest BCUT2D eigenvalue weighted by Gasteiger charge is 2.21. The zero-order chi connectivity index (χ0) is 21.8. The van der Waals surface area contributed by atoms with Crippen LogP contribution in [0.2, 0.25) is 0 Å². The smallest absolute Gasteiger partial charge is 0.142 e. The normalized spacial score (nSPS) is 11.1. The Morgan fingerprint density at radius 3 is 2.42 bits per heavy atom. The van der Waals surface area contributed by atoms with Crippen LogP contribution in [0, 0.1) is 13.8 Å². The van der Waals surface area contributed by atoms with E-state index in [0.717, 1.165) is 38.7 Å². The van der Waals surface area contributed by atoms with E-state index in [1.54, 1.807) is 11.3 Å². The van der Waals surface area contributed by atoms with Crippen molar-refractivity contribution in [2.45, 2.75) is 27.3 Å². The Kier molecular flexibility index (Phi) is 6.49. The van der Waals surface area contributed by atoms with Crippen molar-refractivity contribution < 1.29 is 9.84 Å². The fourth-order valence-electron chi connectivity index (χ4n) is 3.84. The molecule has 0 bridgehead atoms. The molecule has 0 saturated carbocycles. The maximum Gasteiger partial charge on any atom is 0.142 e. The van der Waals surface area contributed by atoms with Crippen LogP contribution in [0.3, 0.4) is 0 Å². The van der Waals surface area contributed by atoms with Gasteiger partial charge in [-0.25, -0.2) is 9.97 Å². The second-order valence-electron chi connectivity index (χ2n) is 7.40. The number of anilines is 1. The van der Waals surface area contributed by atoms with Crippen LogP contribution >= 0.6 is 11.3 Å². The summed E-state index contributed by atoms with van der Waals surface area (Å²) in [4.78, 5) is 13.9. The predicted octanol–water partition coefficient (Wildman–Crippen LogP) is 5.37. The van der Waals surface area contributed by atoms with E-state index in [4.69, 9.17) is 14.7 Å². The molecule has 4 rings (SSSR count). The number of thiophene rings is 1. The van der Waals surface area contributed by atoms with Crippen molar-refractivity contribution >= 4 is 27.4 Å². The Labute approximate surface area is 187 Å². The summed E-state index contributed by atoms with van der Waals surface area (Å²) in [5.74, 6) is 2.47. The van der Waals surface area contributed by atoms with Gasteiger partial charge in [0.05, 0.1) is 18.6 Å². The summed E-state index contributed by atoms with van der Waals surface area (Å²) < 4.78 is 5.61. The van der Waals surface area contributed by atoms with Crippen molar-refractivity contribution in [3.8, 4) is 16.9 Å². The summed E-state index contributed by atoms with van der Waals surface area (Å²) in [5, 5.41) is 10.8. The van der Waals surface area contributed by atoms with E-state index in [2.05, 4.69) is 36.1 Å². The first kappa shape index (κ1) is 21.3. The molecule has 2 aromatic heterocycles. The molecule has 0 radical (unpaired) electrons. The highest BCUT2D eigenvalue weighted by molar-refractivity contribution is 7.19. The second-order valence-corrected chi connectivity index (χ2v) is 8.60. The number of hydrogen-bond acceptors (Lipinski definition) is 6. The van der Waals surface area contributed by atoms with Gasteiger partial charge in [0.25, 0.3) is 0 Å². The first-order valence-corrected chi connectivity index (χ1v) is 11.3. The average molecular weight is 434 g/mol. The molecule has 0 aliphatic carbocycles. The molecule has 0 unspecified atom stereocenters. The SMILES string of the molecule is CCOc1ccc(-c2c(C)sc3nc(C)nc(N(CCO)Cc4ccccc4)c23)cc1. The molecular formula is C25H27N3O2S. The van der Waals surface area contributed by atoms with Crippen LogP contribution in [0.1, 0.15) is 23.2 Å². The van der Waals surface area contributed by atoms with Gasteiger partial charge in [0.15, 0.2) is 0 Å². The molecule has 6 heteroatoms. The van der Waals surface area contributed by atoms with Crippen molar-refractivity contribution in [1.82, 2.24) is 9.97 Å². The molecule has 0 atom stereocenters. The third-order valence-electron chi connectivity index (χ3n) is 5.16. The number of fused-ring (bicyclic) bond motifs is 1. The molecule has 4 aromatic rings. The highest BCUT2D eigenvalue weighted by Crippen LogP contribution is 2.42. The molecule has 0 spiro atoms. The number of aryl methyl sites for hydroxylation is 2. The number of nitrogens with zero attached hydrogens (tertiary/aromatic N) is 3. The van der Waals surface area contributed by atoms with E-state index in [1.807, 2.05) is 44.2 Å².